The van der Waals surface area contributed by atoms with Crippen molar-refractivity contribution in [3.63, 3.8) is 0 Å². The van der Waals surface area contributed by atoms with Crippen molar-refractivity contribution in [2.75, 3.05) is 0 Å². The van der Waals surface area contributed by atoms with Crippen molar-refractivity contribution < 1.29 is 24.4 Å². The third-order valence-corrected chi connectivity index (χ3v) is 5.98. The Balaban J connectivity index is 2.92. The third kappa shape index (κ3) is 3.28. The maximum absolute atomic E-state index is 13.0. The number of carbonyl (C=O) groups excluding carboxylic acids is 3. The number of benzene rings is 1. The number of carbonyl (C=O) groups is 3. The van der Waals surface area contributed by atoms with E-state index in [-0.39, 0.29) is 11.3 Å². The lowest BCUT2D eigenvalue weighted by Crippen LogP contribution is -2.54. The van der Waals surface area contributed by atoms with Crippen molar-refractivity contribution in [3.05, 3.63) is 50.1 Å². The molecule has 160 valence electrons. The number of allylic oxidation sites excluding steroid dienone is 3. The normalized spacial score (nSPS) is 17.7. The SMILES string of the molecule is CC(C)=C(C)c1c([N+](=O)[O-])ccc(C(O)=C2C(=O)C(C)(C)C(=O)C(C)(C)C2=O)c1C. The molecule has 0 atom stereocenters. The Bertz CT molecular complexity index is 1030. The molecule has 7 heteroatoms. The van der Waals surface area contributed by atoms with Gasteiger partial charge in [0.2, 0.25) is 0 Å². The Hall–Kier alpha value is -3.09. The minimum Gasteiger partial charge on any atom is -0.506 e. The average Bonchev–Trinajstić information content (AvgIpc) is 2.64. The molecular weight excluding hydrogens is 386 g/mol. The van der Waals surface area contributed by atoms with E-state index in [4.69, 9.17) is 0 Å². The molecule has 0 saturated heterocycles. The van der Waals surface area contributed by atoms with Crippen molar-refractivity contribution in [1.82, 2.24) is 0 Å². The minimum atomic E-state index is -1.48. The van der Waals surface area contributed by atoms with Crippen molar-refractivity contribution >= 4 is 34.4 Å². The summed E-state index contributed by atoms with van der Waals surface area (Å²) in [5, 5.41) is 22.6. The number of Topliss-reactive ketones (excluding diaryl/α,β-unsaturated/α-hetero) is 3. The number of hydrogen-bond donors (Lipinski definition) is 1. The van der Waals surface area contributed by atoms with Gasteiger partial charge in [0.25, 0.3) is 5.69 Å². The van der Waals surface area contributed by atoms with Gasteiger partial charge in [0.05, 0.1) is 21.3 Å². The highest BCUT2D eigenvalue weighted by Crippen LogP contribution is 2.43. The summed E-state index contributed by atoms with van der Waals surface area (Å²) in [5.41, 5.74) is -1.17. The molecule has 1 aromatic rings. The van der Waals surface area contributed by atoms with Crippen LogP contribution in [-0.4, -0.2) is 27.4 Å². The van der Waals surface area contributed by atoms with Gasteiger partial charge in [-0.3, -0.25) is 24.5 Å². The Morgan fingerprint density at radius 2 is 1.43 bits per heavy atom. The van der Waals surface area contributed by atoms with E-state index >= 15 is 0 Å². The molecule has 0 unspecified atom stereocenters. The highest BCUT2D eigenvalue weighted by molar-refractivity contribution is 6.40. The van der Waals surface area contributed by atoms with Gasteiger partial charge in [0.15, 0.2) is 17.3 Å². The van der Waals surface area contributed by atoms with Crippen LogP contribution in [0.2, 0.25) is 0 Å². The zero-order chi connectivity index (χ0) is 23.3. The molecule has 30 heavy (non-hydrogen) atoms. The highest BCUT2D eigenvalue weighted by atomic mass is 16.6. The molecule has 0 aliphatic heterocycles. The molecule has 0 heterocycles. The predicted molar refractivity (Wildman–Crippen MR) is 114 cm³/mol. The lowest BCUT2D eigenvalue weighted by atomic mass is 9.60. The predicted octanol–water partition coefficient (Wildman–Crippen LogP) is 4.76. The first kappa shape index (κ1) is 23.2. The van der Waals surface area contributed by atoms with E-state index in [0.717, 1.165) is 5.57 Å². The smallest absolute Gasteiger partial charge is 0.277 e. The summed E-state index contributed by atoms with van der Waals surface area (Å²) >= 11 is 0. The third-order valence-electron chi connectivity index (χ3n) is 5.98. The number of nitro groups is 1. The van der Waals surface area contributed by atoms with Gasteiger partial charge in [0, 0.05) is 11.6 Å². The fraction of sp³-hybridized carbons (Fsp3) is 0.435. The van der Waals surface area contributed by atoms with E-state index in [0.29, 0.717) is 16.7 Å². The minimum absolute atomic E-state index is 0.134. The lowest BCUT2D eigenvalue weighted by molar-refractivity contribution is -0.385. The molecule has 1 saturated carbocycles. The zero-order valence-corrected chi connectivity index (χ0v) is 18.6. The molecule has 0 spiro atoms. The fourth-order valence-electron chi connectivity index (χ4n) is 3.89. The van der Waals surface area contributed by atoms with Crippen LogP contribution in [0.1, 0.15) is 65.2 Å². The summed E-state index contributed by atoms with van der Waals surface area (Å²) in [6.07, 6.45) is 0. The molecule has 2 rings (SSSR count). The van der Waals surface area contributed by atoms with Gasteiger partial charge in [-0.2, -0.15) is 0 Å². The van der Waals surface area contributed by atoms with Crippen molar-refractivity contribution in [2.45, 2.75) is 55.4 Å². The second-order valence-electron chi connectivity index (χ2n) is 8.98. The van der Waals surface area contributed by atoms with Crippen LogP contribution in [0, 0.1) is 27.9 Å². The van der Waals surface area contributed by atoms with Crippen molar-refractivity contribution in [1.29, 1.82) is 0 Å². The van der Waals surface area contributed by atoms with Crippen LogP contribution in [-0.2, 0) is 14.4 Å². The summed E-state index contributed by atoms with van der Waals surface area (Å²) < 4.78 is 0. The first-order chi connectivity index (χ1) is 13.6. The molecule has 1 aliphatic carbocycles. The van der Waals surface area contributed by atoms with E-state index < -0.39 is 44.4 Å². The van der Waals surface area contributed by atoms with Gasteiger partial charge in [-0.1, -0.05) is 5.57 Å². The quantitative estimate of drug-likeness (QED) is 0.191. The standard InChI is InChI=1S/C23H27NO6/c1-11(2)12(3)16-13(4)14(9-10-15(16)24(29)30)18(25)17-19(26)22(5,6)21(28)23(7,8)20(17)27/h9-10,25H,1-8H3. The van der Waals surface area contributed by atoms with Gasteiger partial charge in [-0.05, 0) is 72.6 Å². The molecule has 0 amide bonds. The summed E-state index contributed by atoms with van der Waals surface area (Å²) in [5.74, 6) is -2.59. The number of nitrogens with zero attached hydrogens (tertiary/aromatic N) is 1. The van der Waals surface area contributed by atoms with Gasteiger partial charge in [0.1, 0.15) is 11.3 Å². The second kappa shape index (κ2) is 7.31. The van der Waals surface area contributed by atoms with Crippen LogP contribution in [0.15, 0.2) is 23.3 Å². The number of rotatable bonds is 3. The molecule has 1 aliphatic rings. The second-order valence-corrected chi connectivity index (χ2v) is 8.98. The summed E-state index contributed by atoms with van der Waals surface area (Å²) in [4.78, 5) is 49.7. The summed E-state index contributed by atoms with van der Waals surface area (Å²) in [6, 6.07) is 2.58. The molecule has 0 radical (unpaired) electrons. The van der Waals surface area contributed by atoms with Crippen LogP contribution in [0.4, 0.5) is 5.69 Å². The number of aliphatic hydroxyl groups is 1. The van der Waals surface area contributed by atoms with Gasteiger partial charge in [-0.25, -0.2) is 0 Å². The van der Waals surface area contributed by atoms with E-state index in [9.17, 15) is 29.6 Å². The van der Waals surface area contributed by atoms with Crippen LogP contribution >= 0.6 is 0 Å². The van der Waals surface area contributed by atoms with Gasteiger partial charge < -0.3 is 5.11 Å². The average molecular weight is 413 g/mol. The molecule has 1 fully saturated rings. The van der Waals surface area contributed by atoms with Crippen molar-refractivity contribution in [3.8, 4) is 0 Å². The number of hydrogen-bond acceptors (Lipinski definition) is 6. The van der Waals surface area contributed by atoms with Crippen LogP contribution in [0.3, 0.4) is 0 Å². The zero-order valence-electron chi connectivity index (χ0n) is 18.6. The van der Waals surface area contributed by atoms with Gasteiger partial charge >= 0.3 is 0 Å². The monoisotopic (exact) mass is 413 g/mol. The van der Waals surface area contributed by atoms with E-state index in [1.165, 1.54) is 39.8 Å². The molecule has 1 N–H and O–H groups in total. The molecular formula is C23H27NO6. The maximum atomic E-state index is 13.0. The Morgan fingerprint density at radius 3 is 1.83 bits per heavy atom. The summed E-state index contributed by atoms with van der Waals surface area (Å²) in [7, 11) is 0. The van der Waals surface area contributed by atoms with Crippen LogP contribution in [0.5, 0.6) is 0 Å². The van der Waals surface area contributed by atoms with Gasteiger partial charge in [-0.15, -0.1) is 0 Å². The Morgan fingerprint density at radius 1 is 0.967 bits per heavy atom. The number of nitro benzene ring substituents is 1. The van der Waals surface area contributed by atoms with Crippen LogP contribution in [0.25, 0.3) is 11.3 Å². The first-order valence-electron chi connectivity index (χ1n) is 9.59. The maximum Gasteiger partial charge on any atom is 0.277 e. The van der Waals surface area contributed by atoms with Crippen LogP contribution < -0.4 is 0 Å². The Labute approximate surface area is 175 Å². The van der Waals surface area contributed by atoms with E-state index in [1.807, 2.05) is 13.8 Å². The topological polar surface area (TPSA) is 115 Å². The number of aliphatic hydroxyl groups excluding tert-OH is 1. The molecule has 0 bridgehead atoms. The fourth-order valence-corrected chi connectivity index (χ4v) is 3.89. The number of ketones is 3. The molecule has 0 aromatic heterocycles. The molecule has 1 aromatic carbocycles. The highest BCUT2D eigenvalue weighted by Gasteiger charge is 2.56. The van der Waals surface area contributed by atoms with E-state index in [2.05, 4.69) is 0 Å². The largest absolute Gasteiger partial charge is 0.506 e. The lowest BCUT2D eigenvalue weighted by Gasteiger charge is -2.37. The van der Waals surface area contributed by atoms with Crippen molar-refractivity contribution in [2.24, 2.45) is 10.8 Å². The summed E-state index contributed by atoms with van der Waals surface area (Å²) in [6.45, 7) is 12.7. The molecule has 7 nitrogen and oxygen atoms in total. The Kier molecular flexibility index (Phi) is 5.65. The first-order valence-corrected chi connectivity index (χ1v) is 9.59. The van der Waals surface area contributed by atoms with E-state index in [1.54, 1.807) is 13.8 Å².